The van der Waals surface area contributed by atoms with Crippen LogP contribution in [0.3, 0.4) is 0 Å². The van der Waals surface area contributed by atoms with Crippen molar-refractivity contribution in [2.75, 3.05) is 0 Å². The first kappa shape index (κ1) is 19.0. The molecule has 134 valence electrons. The van der Waals surface area contributed by atoms with Crippen LogP contribution in [-0.4, -0.2) is 12.0 Å². The Morgan fingerprint density at radius 2 is 1.80 bits per heavy atom. The van der Waals surface area contributed by atoms with Crippen molar-refractivity contribution >= 4 is 5.91 Å². The molecule has 1 atom stereocenters. The number of amides is 1. The monoisotopic (exact) mass is 339 g/mol. The van der Waals surface area contributed by atoms with E-state index in [0.717, 1.165) is 11.3 Å². The Labute approximate surface area is 151 Å². The average molecular weight is 339 g/mol. The SMILES string of the molecule is CC[C@@H](Oc1ccc(C(C)(C)C)cc1)C(=O)NCc1cccc(C)c1. The quantitative estimate of drug-likeness (QED) is 0.823. The first-order valence-electron chi connectivity index (χ1n) is 8.90. The minimum atomic E-state index is -0.481. The van der Waals surface area contributed by atoms with E-state index >= 15 is 0 Å². The van der Waals surface area contributed by atoms with E-state index in [1.807, 2.05) is 44.2 Å². The van der Waals surface area contributed by atoms with Crippen molar-refractivity contribution in [2.24, 2.45) is 0 Å². The third kappa shape index (κ3) is 5.63. The standard InChI is InChI=1S/C22H29NO2/c1-6-20(21(24)23-15-17-9-7-8-16(2)14-17)25-19-12-10-18(11-13-19)22(3,4)5/h7-14,20H,6,15H2,1-5H3,(H,23,24)/t20-/m1/s1. The van der Waals surface area contributed by atoms with Crippen LogP contribution in [-0.2, 0) is 16.8 Å². The van der Waals surface area contributed by atoms with Gasteiger partial charge in [-0.15, -0.1) is 0 Å². The lowest BCUT2D eigenvalue weighted by Gasteiger charge is -2.21. The highest BCUT2D eigenvalue weighted by molar-refractivity contribution is 5.81. The Balaban J connectivity index is 1.95. The van der Waals surface area contributed by atoms with Crippen molar-refractivity contribution in [3.8, 4) is 5.75 Å². The second-order valence-electron chi connectivity index (χ2n) is 7.50. The lowest BCUT2D eigenvalue weighted by atomic mass is 9.87. The molecule has 0 unspecified atom stereocenters. The number of carbonyl (C=O) groups excluding carboxylic acids is 1. The van der Waals surface area contributed by atoms with Gasteiger partial charge in [0, 0.05) is 6.54 Å². The van der Waals surface area contributed by atoms with Gasteiger partial charge in [0.15, 0.2) is 6.10 Å². The molecule has 3 nitrogen and oxygen atoms in total. The van der Waals surface area contributed by atoms with Gasteiger partial charge in [-0.2, -0.15) is 0 Å². The third-order valence-corrected chi connectivity index (χ3v) is 4.21. The van der Waals surface area contributed by atoms with Gasteiger partial charge >= 0.3 is 0 Å². The van der Waals surface area contributed by atoms with Crippen LogP contribution in [0.5, 0.6) is 5.75 Å². The highest BCUT2D eigenvalue weighted by atomic mass is 16.5. The average Bonchev–Trinajstić information content (AvgIpc) is 2.57. The van der Waals surface area contributed by atoms with Crippen LogP contribution in [0.1, 0.15) is 50.8 Å². The maximum atomic E-state index is 12.4. The Kier molecular flexibility index (Phi) is 6.24. The molecule has 2 aromatic rings. The number of rotatable bonds is 6. The van der Waals surface area contributed by atoms with Crippen LogP contribution in [0.2, 0.25) is 0 Å². The van der Waals surface area contributed by atoms with Crippen molar-refractivity contribution in [1.82, 2.24) is 5.32 Å². The summed E-state index contributed by atoms with van der Waals surface area (Å²) in [4.78, 5) is 12.4. The molecule has 0 aliphatic carbocycles. The fraction of sp³-hybridized carbons (Fsp3) is 0.409. The maximum absolute atomic E-state index is 12.4. The summed E-state index contributed by atoms with van der Waals surface area (Å²) in [5, 5.41) is 2.97. The molecule has 0 radical (unpaired) electrons. The number of hydrogen-bond acceptors (Lipinski definition) is 2. The Morgan fingerprint density at radius 1 is 1.12 bits per heavy atom. The van der Waals surface area contributed by atoms with Crippen LogP contribution in [0.15, 0.2) is 48.5 Å². The van der Waals surface area contributed by atoms with Gasteiger partial charge in [0.25, 0.3) is 5.91 Å². The molecule has 0 saturated carbocycles. The Bertz CT molecular complexity index is 699. The highest BCUT2D eigenvalue weighted by Gasteiger charge is 2.19. The molecule has 0 bridgehead atoms. The molecule has 0 saturated heterocycles. The molecular weight excluding hydrogens is 310 g/mol. The second-order valence-corrected chi connectivity index (χ2v) is 7.50. The van der Waals surface area contributed by atoms with Crippen molar-refractivity contribution < 1.29 is 9.53 Å². The molecule has 2 aromatic carbocycles. The molecular formula is C22H29NO2. The normalized spacial score (nSPS) is 12.5. The first-order chi connectivity index (χ1) is 11.8. The van der Waals surface area contributed by atoms with Crippen LogP contribution in [0, 0.1) is 6.92 Å². The topological polar surface area (TPSA) is 38.3 Å². The molecule has 0 spiro atoms. The van der Waals surface area contributed by atoms with Crippen LogP contribution in [0.4, 0.5) is 0 Å². The van der Waals surface area contributed by atoms with Crippen molar-refractivity contribution in [3.05, 3.63) is 65.2 Å². The van der Waals surface area contributed by atoms with E-state index in [4.69, 9.17) is 4.74 Å². The molecule has 0 fully saturated rings. The number of ether oxygens (including phenoxy) is 1. The minimum Gasteiger partial charge on any atom is -0.481 e. The molecule has 0 aromatic heterocycles. The molecule has 0 aliphatic heterocycles. The van der Waals surface area contributed by atoms with Crippen LogP contribution >= 0.6 is 0 Å². The predicted octanol–water partition coefficient (Wildman–Crippen LogP) is 4.77. The van der Waals surface area contributed by atoms with Gasteiger partial charge in [0.2, 0.25) is 0 Å². The largest absolute Gasteiger partial charge is 0.481 e. The smallest absolute Gasteiger partial charge is 0.261 e. The van der Waals surface area contributed by atoms with Gasteiger partial charge in [0.1, 0.15) is 5.75 Å². The lowest BCUT2D eigenvalue weighted by Crippen LogP contribution is -2.37. The highest BCUT2D eigenvalue weighted by Crippen LogP contribution is 2.24. The van der Waals surface area contributed by atoms with Crippen molar-refractivity contribution in [3.63, 3.8) is 0 Å². The zero-order valence-electron chi connectivity index (χ0n) is 15.9. The van der Waals surface area contributed by atoms with Gasteiger partial charge in [-0.05, 0) is 42.0 Å². The summed E-state index contributed by atoms with van der Waals surface area (Å²) in [6.45, 7) is 11.1. The van der Waals surface area contributed by atoms with Gasteiger partial charge in [-0.1, -0.05) is 69.7 Å². The summed E-state index contributed by atoms with van der Waals surface area (Å²) < 4.78 is 5.89. The maximum Gasteiger partial charge on any atom is 0.261 e. The summed E-state index contributed by atoms with van der Waals surface area (Å²) in [5.74, 6) is 0.648. The van der Waals surface area contributed by atoms with Gasteiger partial charge < -0.3 is 10.1 Å². The molecule has 0 aliphatic rings. The van der Waals surface area contributed by atoms with Crippen molar-refractivity contribution in [2.45, 2.75) is 59.1 Å². The molecule has 25 heavy (non-hydrogen) atoms. The van der Waals surface area contributed by atoms with Gasteiger partial charge in [-0.3, -0.25) is 4.79 Å². The van der Waals surface area contributed by atoms with E-state index in [0.29, 0.717) is 13.0 Å². The zero-order valence-corrected chi connectivity index (χ0v) is 15.9. The predicted molar refractivity (Wildman–Crippen MR) is 103 cm³/mol. The van der Waals surface area contributed by atoms with E-state index in [1.54, 1.807) is 0 Å². The lowest BCUT2D eigenvalue weighted by molar-refractivity contribution is -0.128. The molecule has 0 heterocycles. The van der Waals surface area contributed by atoms with E-state index in [-0.39, 0.29) is 11.3 Å². The summed E-state index contributed by atoms with van der Waals surface area (Å²) in [6, 6.07) is 16.1. The van der Waals surface area contributed by atoms with E-state index in [1.165, 1.54) is 11.1 Å². The molecule has 3 heteroatoms. The summed E-state index contributed by atoms with van der Waals surface area (Å²) in [5.41, 5.74) is 3.64. The number of carbonyl (C=O) groups is 1. The van der Waals surface area contributed by atoms with Gasteiger partial charge in [0.05, 0.1) is 0 Å². The molecule has 1 N–H and O–H groups in total. The number of nitrogens with one attached hydrogen (secondary N) is 1. The molecule has 2 rings (SSSR count). The van der Waals surface area contributed by atoms with Crippen molar-refractivity contribution in [1.29, 1.82) is 0 Å². The minimum absolute atomic E-state index is 0.0797. The Morgan fingerprint density at radius 3 is 2.36 bits per heavy atom. The third-order valence-electron chi connectivity index (χ3n) is 4.21. The van der Waals surface area contributed by atoms with Crippen LogP contribution in [0.25, 0.3) is 0 Å². The Hall–Kier alpha value is -2.29. The number of benzene rings is 2. The van der Waals surface area contributed by atoms with E-state index in [2.05, 4.69) is 44.3 Å². The fourth-order valence-corrected chi connectivity index (χ4v) is 2.65. The zero-order chi connectivity index (χ0) is 18.4. The van der Waals surface area contributed by atoms with E-state index in [9.17, 15) is 4.79 Å². The summed E-state index contributed by atoms with van der Waals surface area (Å²) >= 11 is 0. The number of aryl methyl sites for hydroxylation is 1. The molecule has 1 amide bonds. The number of hydrogen-bond donors (Lipinski definition) is 1. The van der Waals surface area contributed by atoms with E-state index < -0.39 is 6.10 Å². The first-order valence-corrected chi connectivity index (χ1v) is 8.90. The van der Waals surface area contributed by atoms with Crippen LogP contribution < -0.4 is 10.1 Å². The summed E-state index contributed by atoms with van der Waals surface area (Å²) in [7, 11) is 0. The second kappa shape index (κ2) is 8.19. The van der Waals surface area contributed by atoms with Gasteiger partial charge in [-0.25, -0.2) is 0 Å². The fourth-order valence-electron chi connectivity index (χ4n) is 2.65. The summed E-state index contributed by atoms with van der Waals surface area (Å²) in [6.07, 6.45) is 0.144.